The smallest absolute Gasteiger partial charge is 0.312 e. The van der Waals surface area contributed by atoms with Gasteiger partial charge in [0.05, 0.1) is 14.9 Å². The summed E-state index contributed by atoms with van der Waals surface area (Å²) in [5.74, 6) is -0.216. The number of hydrogen-bond acceptors (Lipinski definition) is 6. The first-order valence-electron chi connectivity index (χ1n) is 17.1. The number of alkyl halides is 3. The van der Waals surface area contributed by atoms with Crippen molar-refractivity contribution in [3.05, 3.63) is 87.8 Å². The molecule has 4 aromatic rings. The summed E-state index contributed by atoms with van der Waals surface area (Å²) in [5.41, 5.74) is 0.883. The maximum absolute atomic E-state index is 14.1. The second kappa shape index (κ2) is 16.2. The molecule has 0 radical (unpaired) electrons. The number of piperidine rings is 2. The highest BCUT2D eigenvalue weighted by Crippen LogP contribution is 2.37. The molecule has 16 heteroatoms. The number of amides is 1. The van der Waals surface area contributed by atoms with Gasteiger partial charge in [-0.3, -0.25) is 9.48 Å². The number of sulfonamides is 1. The van der Waals surface area contributed by atoms with E-state index in [0.717, 1.165) is 73.0 Å². The van der Waals surface area contributed by atoms with Gasteiger partial charge in [0, 0.05) is 38.3 Å². The van der Waals surface area contributed by atoms with Crippen molar-refractivity contribution in [1.82, 2.24) is 19.0 Å². The number of halogens is 6. The standard InChI is InChI=1S/C36H39Cl2F4N5O3S2/c1-44-33(36(40,41)42)23-31(43-44)32-9-10-34(51-32)52(49,50)46-19-13-26(14-20-46)35(48)47(28-7-8-29(37)30(38)22-28)16-2-15-45-17-11-25(12-18-45)21-24-3-5-27(39)6-4-24/h3-10,22-23,25-26H,2,11-21H2,1H3. The molecule has 4 heterocycles. The summed E-state index contributed by atoms with van der Waals surface area (Å²) in [5, 5.41) is 4.64. The van der Waals surface area contributed by atoms with Crippen molar-refractivity contribution >= 4 is 56.2 Å². The number of carbonyl (C=O) groups excluding carboxylic acids is 1. The minimum absolute atomic E-state index is 0.00316. The normalized spacial score (nSPS) is 17.1. The third kappa shape index (κ3) is 9.02. The predicted octanol–water partition coefficient (Wildman–Crippen LogP) is 8.39. The van der Waals surface area contributed by atoms with E-state index in [1.165, 1.54) is 35.6 Å². The molecular formula is C36H39Cl2F4N5O3S2. The zero-order chi connectivity index (χ0) is 37.2. The Morgan fingerprint density at radius 3 is 2.27 bits per heavy atom. The van der Waals surface area contributed by atoms with Gasteiger partial charge in [0.2, 0.25) is 5.91 Å². The summed E-state index contributed by atoms with van der Waals surface area (Å²) in [7, 11) is -2.76. The SMILES string of the molecule is Cn1nc(-c2ccc(S(=O)(=O)N3CCC(C(=O)N(CCCN4CCC(Cc5ccc(F)cc5)CC4)c4ccc(Cl)c(Cl)c4)CC3)s2)cc1C(F)(F)F. The molecule has 8 nitrogen and oxygen atoms in total. The van der Waals surface area contributed by atoms with Crippen LogP contribution >= 0.6 is 34.5 Å². The molecule has 2 aliphatic rings. The summed E-state index contributed by atoms with van der Waals surface area (Å²) in [6, 6.07) is 15.6. The molecular weight excluding hydrogens is 761 g/mol. The summed E-state index contributed by atoms with van der Waals surface area (Å²) < 4.78 is 82.4. The average Bonchev–Trinajstić information content (AvgIpc) is 3.78. The number of likely N-dealkylation sites (tertiary alicyclic amines) is 1. The topological polar surface area (TPSA) is 78.8 Å². The Hall–Kier alpha value is -3.01. The monoisotopic (exact) mass is 799 g/mol. The van der Waals surface area contributed by atoms with E-state index in [0.29, 0.717) is 45.9 Å². The van der Waals surface area contributed by atoms with Crippen LogP contribution < -0.4 is 4.90 Å². The lowest BCUT2D eigenvalue weighted by Gasteiger charge is -2.35. The molecule has 0 saturated carbocycles. The quantitative estimate of drug-likeness (QED) is 0.143. The maximum Gasteiger partial charge on any atom is 0.433 e. The first kappa shape index (κ1) is 38.7. The number of thiophene rings is 1. The lowest BCUT2D eigenvalue weighted by Crippen LogP contribution is -2.45. The predicted molar refractivity (Wildman–Crippen MR) is 196 cm³/mol. The average molecular weight is 801 g/mol. The second-order valence-electron chi connectivity index (χ2n) is 13.4. The van der Waals surface area contributed by atoms with Gasteiger partial charge in [-0.2, -0.15) is 22.6 Å². The lowest BCUT2D eigenvalue weighted by molar-refractivity contribution is -0.143. The van der Waals surface area contributed by atoms with Crippen molar-refractivity contribution in [2.24, 2.45) is 18.9 Å². The molecule has 0 atom stereocenters. The molecule has 2 fully saturated rings. The van der Waals surface area contributed by atoms with Gasteiger partial charge in [-0.05, 0) is 118 Å². The largest absolute Gasteiger partial charge is 0.433 e. The molecule has 0 unspecified atom stereocenters. The lowest BCUT2D eigenvalue weighted by atomic mass is 9.90. The molecule has 52 heavy (non-hydrogen) atoms. The van der Waals surface area contributed by atoms with E-state index < -0.39 is 27.8 Å². The first-order valence-corrected chi connectivity index (χ1v) is 20.1. The van der Waals surface area contributed by atoms with Crippen LogP contribution in [-0.2, 0) is 34.5 Å². The van der Waals surface area contributed by atoms with Crippen molar-refractivity contribution in [3.63, 3.8) is 0 Å². The van der Waals surface area contributed by atoms with E-state index in [9.17, 15) is 30.8 Å². The molecule has 0 bridgehead atoms. The van der Waals surface area contributed by atoms with Gasteiger partial charge in [0.15, 0.2) is 0 Å². The van der Waals surface area contributed by atoms with E-state index in [1.807, 2.05) is 12.1 Å². The maximum atomic E-state index is 14.1. The summed E-state index contributed by atoms with van der Waals surface area (Å²) in [6.07, 6.45) is -0.223. The Kier molecular flexibility index (Phi) is 12.0. The van der Waals surface area contributed by atoms with Crippen LogP contribution in [0.4, 0.5) is 23.2 Å². The van der Waals surface area contributed by atoms with Crippen LogP contribution in [0.15, 0.2) is 64.9 Å². The highest BCUT2D eigenvalue weighted by Gasteiger charge is 2.37. The fourth-order valence-corrected chi connectivity index (χ4v) is 10.2. The Morgan fingerprint density at radius 2 is 1.63 bits per heavy atom. The van der Waals surface area contributed by atoms with Gasteiger partial charge in [0.1, 0.15) is 21.4 Å². The number of hydrogen-bond donors (Lipinski definition) is 0. The van der Waals surface area contributed by atoms with Crippen LogP contribution in [0.1, 0.15) is 43.4 Å². The molecule has 2 saturated heterocycles. The number of rotatable bonds is 11. The van der Waals surface area contributed by atoms with Crippen LogP contribution in [0.25, 0.3) is 10.6 Å². The van der Waals surface area contributed by atoms with Gasteiger partial charge in [-0.1, -0.05) is 35.3 Å². The minimum atomic E-state index is -4.59. The second-order valence-corrected chi connectivity index (χ2v) is 17.5. The van der Waals surface area contributed by atoms with Crippen molar-refractivity contribution in [3.8, 4) is 10.6 Å². The van der Waals surface area contributed by atoms with Gasteiger partial charge in [-0.25, -0.2) is 12.8 Å². The number of aromatic nitrogens is 2. The van der Waals surface area contributed by atoms with E-state index >= 15 is 0 Å². The van der Waals surface area contributed by atoms with Crippen molar-refractivity contribution in [2.75, 3.05) is 44.2 Å². The molecule has 2 aromatic heterocycles. The number of carbonyl (C=O) groups is 1. The molecule has 0 spiro atoms. The van der Waals surface area contributed by atoms with Crippen LogP contribution in [0.2, 0.25) is 10.0 Å². The fourth-order valence-electron chi connectivity index (χ4n) is 6.98. The van der Waals surface area contributed by atoms with E-state index in [4.69, 9.17) is 23.2 Å². The highest BCUT2D eigenvalue weighted by atomic mass is 35.5. The van der Waals surface area contributed by atoms with E-state index in [2.05, 4.69) is 10.00 Å². The van der Waals surface area contributed by atoms with Gasteiger partial charge < -0.3 is 9.80 Å². The first-order chi connectivity index (χ1) is 24.7. The molecule has 6 rings (SSSR count). The number of anilines is 1. The van der Waals surface area contributed by atoms with Crippen molar-refractivity contribution < 1.29 is 30.8 Å². The Balaban J connectivity index is 1.05. The van der Waals surface area contributed by atoms with Crippen LogP contribution in [0.5, 0.6) is 0 Å². The van der Waals surface area contributed by atoms with Gasteiger partial charge in [-0.15, -0.1) is 11.3 Å². The molecule has 280 valence electrons. The number of nitrogens with zero attached hydrogens (tertiary/aromatic N) is 5. The van der Waals surface area contributed by atoms with Crippen LogP contribution in [-0.4, -0.2) is 72.6 Å². The number of benzene rings is 2. The zero-order valence-electron chi connectivity index (χ0n) is 28.5. The summed E-state index contributed by atoms with van der Waals surface area (Å²) in [6.45, 7) is 3.39. The van der Waals surface area contributed by atoms with Gasteiger partial charge >= 0.3 is 6.18 Å². The third-order valence-corrected chi connectivity index (χ3v) is 14.1. The number of aryl methyl sites for hydroxylation is 1. The Morgan fingerprint density at radius 1 is 0.942 bits per heavy atom. The van der Waals surface area contributed by atoms with E-state index in [1.54, 1.807) is 23.1 Å². The molecule has 2 aromatic carbocycles. The van der Waals surface area contributed by atoms with Crippen LogP contribution in [0, 0.1) is 17.7 Å². The van der Waals surface area contributed by atoms with Crippen molar-refractivity contribution in [2.45, 2.75) is 48.9 Å². The fraction of sp³-hybridized carbons (Fsp3) is 0.444. The summed E-state index contributed by atoms with van der Waals surface area (Å²) in [4.78, 5) is 18.5. The Labute approximate surface area is 315 Å². The highest BCUT2D eigenvalue weighted by molar-refractivity contribution is 7.91. The third-order valence-electron chi connectivity index (χ3n) is 9.88. The van der Waals surface area contributed by atoms with Crippen LogP contribution in [0.3, 0.4) is 0 Å². The molecule has 0 aliphatic carbocycles. The molecule has 2 aliphatic heterocycles. The van der Waals surface area contributed by atoms with E-state index in [-0.39, 0.29) is 34.7 Å². The zero-order valence-corrected chi connectivity index (χ0v) is 31.6. The summed E-state index contributed by atoms with van der Waals surface area (Å²) >= 11 is 13.4. The van der Waals surface area contributed by atoms with Crippen molar-refractivity contribution in [1.29, 1.82) is 0 Å². The molecule has 1 amide bonds. The Bertz CT molecular complexity index is 1970. The van der Waals surface area contributed by atoms with Gasteiger partial charge in [0.25, 0.3) is 10.0 Å². The molecule has 0 N–H and O–H groups in total. The minimum Gasteiger partial charge on any atom is -0.312 e.